The molecule has 0 radical (unpaired) electrons. The summed E-state index contributed by atoms with van der Waals surface area (Å²) in [7, 11) is 4.26. The lowest BCUT2D eigenvalue weighted by Crippen LogP contribution is -3.13. The van der Waals surface area contributed by atoms with Gasteiger partial charge in [-0.15, -0.1) is 0 Å². The van der Waals surface area contributed by atoms with Crippen LogP contribution in [0.25, 0.3) is 0 Å². The van der Waals surface area contributed by atoms with Gasteiger partial charge in [0.25, 0.3) is 0 Å². The van der Waals surface area contributed by atoms with Gasteiger partial charge in [0.2, 0.25) is 0 Å². The van der Waals surface area contributed by atoms with Crippen molar-refractivity contribution in [2.75, 3.05) is 0 Å². The number of quaternary nitrogens is 1. The Kier molecular flexibility index (Phi) is 3.16. The molecule has 0 aromatic rings. The van der Waals surface area contributed by atoms with Gasteiger partial charge in [0.05, 0.1) is 12.1 Å². The van der Waals surface area contributed by atoms with Gasteiger partial charge in [0.15, 0.2) is 0 Å². The lowest BCUT2D eigenvalue weighted by atomic mass is 10.0. The monoisotopic (exact) mass is 169 g/mol. The fourth-order valence-electron chi connectivity index (χ4n) is 2.53. The van der Waals surface area contributed by atoms with Crippen LogP contribution in [-0.2, 0) is 0 Å². The third-order valence-corrected chi connectivity index (χ3v) is 3.35. The summed E-state index contributed by atoms with van der Waals surface area (Å²) in [4.78, 5) is 1.53. The maximum Gasteiger partial charge on any atom is 0.0662 e. The highest BCUT2D eigenvalue weighted by Crippen LogP contribution is 2.18. The number of rotatable bonds is 2. The largest absolute Gasteiger partial charge is 0.463 e. The average molecular weight is 169 g/mol. The van der Waals surface area contributed by atoms with Crippen LogP contribution in [0.5, 0.6) is 0 Å². The van der Waals surface area contributed by atoms with Crippen LogP contribution in [0.15, 0.2) is 0 Å². The smallest absolute Gasteiger partial charge is 0.0662 e. The first-order chi connectivity index (χ1) is 5.54. The number of likely N-dealkylation sites (tertiary alicyclic amines) is 1. The van der Waals surface area contributed by atoms with Gasteiger partial charge in [-0.05, 0) is 0 Å². The van der Waals surface area contributed by atoms with Crippen LogP contribution in [0.1, 0.15) is 40.5 Å². The molecule has 1 aliphatic rings. The topological polar surface area (TPSA) is 4.44 Å². The van der Waals surface area contributed by atoms with E-state index in [1.807, 2.05) is 0 Å². The summed E-state index contributed by atoms with van der Waals surface area (Å²) >= 11 is 0. The van der Waals surface area contributed by atoms with Crippen LogP contribution in [0, 0.1) is 18.9 Å². The molecular weight excluding hydrogens is 146 g/mol. The maximum absolute atomic E-state index is 4.26. The molecule has 3 atom stereocenters. The number of hydrogen-bond donors (Lipinski definition) is 1. The highest BCUT2D eigenvalue weighted by Gasteiger charge is 2.34. The summed E-state index contributed by atoms with van der Waals surface area (Å²) in [5, 5.41) is 0. The van der Waals surface area contributed by atoms with Crippen molar-refractivity contribution in [2.45, 2.75) is 52.6 Å². The van der Waals surface area contributed by atoms with Crippen molar-refractivity contribution in [1.29, 1.82) is 0 Å². The molecule has 72 valence electrons. The van der Waals surface area contributed by atoms with Gasteiger partial charge in [-0.25, -0.2) is 0 Å². The molecular formula is C11H23N. The standard InChI is InChI=1S/C11H23N/c1-8(2)10-6-7-11(9(3)4)12(10)5/h8-12H,5-7H2,1-4H3/t10-,11+. The van der Waals surface area contributed by atoms with Crippen LogP contribution in [0.4, 0.5) is 0 Å². The van der Waals surface area contributed by atoms with Crippen molar-refractivity contribution < 1.29 is 4.90 Å². The summed E-state index contributed by atoms with van der Waals surface area (Å²) in [5.74, 6) is 1.59. The summed E-state index contributed by atoms with van der Waals surface area (Å²) in [6, 6.07) is 1.61. The minimum absolute atomic E-state index is 0.793. The van der Waals surface area contributed by atoms with Crippen molar-refractivity contribution in [3.63, 3.8) is 0 Å². The fraction of sp³-hybridized carbons (Fsp3) is 0.909. The molecule has 12 heavy (non-hydrogen) atoms. The second kappa shape index (κ2) is 3.78. The maximum atomic E-state index is 4.26. The van der Waals surface area contributed by atoms with Gasteiger partial charge < -0.3 is 4.90 Å². The van der Waals surface area contributed by atoms with Gasteiger partial charge in [0.1, 0.15) is 0 Å². The molecule has 0 aliphatic carbocycles. The normalized spacial score (nSPS) is 36.8. The molecule has 0 bridgehead atoms. The van der Waals surface area contributed by atoms with E-state index in [2.05, 4.69) is 34.7 Å². The van der Waals surface area contributed by atoms with E-state index >= 15 is 0 Å². The Bertz CT molecular complexity index is 124. The Labute approximate surface area is 77.1 Å². The van der Waals surface area contributed by atoms with Crippen molar-refractivity contribution >= 4 is 0 Å². The summed E-state index contributed by atoms with van der Waals surface area (Å²) in [6.45, 7) is 9.27. The zero-order chi connectivity index (χ0) is 9.30. The van der Waals surface area contributed by atoms with Gasteiger partial charge in [-0.3, -0.25) is 0 Å². The molecule has 1 unspecified atom stereocenters. The molecule has 0 saturated carbocycles. The Hall–Kier alpha value is -0.0400. The molecule has 1 fully saturated rings. The highest BCUT2D eigenvalue weighted by molar-refractivity contribution is 4.75. The van der Waals surface area contributed by atoms with E-state index in [0.717, 1.165) is 23.9 Å². The Morgan fingerprint density at radius 3 is 1.50 bits per heavy atom. The number of hydrogen-bond acceptors (Lipinski definition) is 0. The minimum Gasteiger partial charge on any atom is -0.463 e. The van der Waals surface area contributed by atoms with E-state index in [1.165, 1.54) is 17.7 Å². The SMILES string of the molecule is [CH2-][NH+]1[C@@H](C(C)C)CC[C@H]1C(C)C. The van der Waals surface area contributed by atoms with E-state index in [-0.39, 0.29) is 0 Å². The molecule has 1 rings (SSSR count). The predicted octanol–water partition coefficient (Wildman–Crippen LogP) is 1.51. The van der Waals surface area contributed by atoms with E-state index in [9.17, 15) is 0 Å². The van der Waals surface area contributed by atoms with Crippen molar-refractivity contribution in [1.82, 2.24) is 0 Å². The van der Waals surface area contributed by atoms with Gasteiger partial charge in [0, 0.05) is 24.7 Å². The lowest BCUT2D eigenvalue weighted by molar-refractivity contribution is -0.899. The predicted molar refractivity (Wildman–Crippen MR) is 52.8 cm³/mol. The molecule has 1 aliphatic heterocycles. The van der Waals surface area contributed by atoms with Crippen LogP contribution < -0.4 is 4.90 Å². The second-order valence-electron chi connectivity index (χ2n) is 4.85. The third kappa shape index (κ3) is 1.82. The molecule has 1 N–H and O–H groups in total. The molecule has 1 heteroatoms. The van der Waals surface area contributed by atoms with E-state index in [4.69, 9.17) is 0 Å². The molecule has 0 aromatic heterocycles. The molecule has 1 saturated heterocycles. The van der Waals surface area contributed by atoms with E-state index < -0.39 is 0 Å². The van der Waals surface area contributed by atoms with Crippen molar-refractivity contribution in [3.05, 3.63) is 7.05 Å². The zero-order valence-electron chi connectivity index (χ0n) is 8.93. The zero-order valence-corrected chi connectivity index (χ0v) is 8.93. The fourth-order valence-corrected chi connectivity index (χ4v) is 2.53. The Morgan fingerprint density at radius 2 is 1.33 bits per heavy atom. The Morgan fingerprint density at radius 1 is 1.00 bits per heavy atom. The molecule has 1 heterocycles. The second-order valence-corrected chi connectivity index (χ2v) is 4.85. The van der Waals surface area contributed by atoms with Crippen molar-refractivity contribution in [2.24, 2.45) is 11.8 Å². The van der Waals surface area contributed by atoms with E-state index in [1.54, 1.807) is 0 Å². The van der Waals surface area contributed by atoms with Gasteiger partial charge in [-0.2, -0.15) is 7.05 Å². The lowest BCUT2D eigenvalue weighted by Gasteiger charge is -2.33. The summed E-state index contributed by atoms with van der Waals surface area (Å²) in [5.41, 5.74) is 0. The van der Waals surface area contributed by atoms with Gasteiger partial charge >= 0.3 is 0 Å². The Balaban J connectivity index is 2.55. The average Bonchev–Trinajstić information content (AvgIpc) is 2.30. The third-order valence-electron chi connectivity index (χ3n) is 3.35. The van der Waals surface area contributed by atoms with Crippen molar-refractivity contribution in [3.8, 4) is 0 Å². The first kappa shape index (κ1) is 10.0. The molecule has 0 spiro atoms. The van der Waals surface area contributed by atoms with Crippen LogP contribution >= 0.6 is 0 Å². The van der Waals surface area contributed by atoms with E-state index in [0.29, 0.717) is 0 Å². The van der Waals surface area contributed by atoms with Crippen LogP contribution in [0.3, 0.4) is 0 Å². The first-order valence-electron chi connectivity index (χ1n) is 5.22. The molecule has 0 aromatic carbocycles. The minimum atomic E-state index is 0.793. The molecule has 1 nitrogen and oxygen atoms in total. The summed E-state index contributed by atoms with van der Waals surface area (Å²) < 4.78 is 0. The van der Waals surface area contributed by atoms with Gasteiger partial charge in [-0.1, -0.05) is 27.7 Å². The van der Waals surface area contributed by atoms with Crippen LogP contribution in [-0.4, -0.2) is 12.1 Å². The molecule has 0 amide bonds. The first-order valence-corrected chi connectivity index (χ1v) is 5.22. The van der Waals surface area contributed by atoms with Crippen LogP contribution in [0.2, 0.25) is 0 Å². The number of nitrogens with one attached hydrogen (secondary N) is 1. The highest BCUT2D eigenvalue weighted by atomic mass is 15.2. The quantitative estimate of drug-likeness (QED) is 0.598. The summed E-state index contributed by atoms with van der Waals surface area (Å²) in [6.07, 6.45) is 2.75.